The van der Waals surface area contributed by atoms with Crippen LogP contribution >= 0.6 is 0 Å². The molecule has 1 aromatic carbocycles. The molecule has 2 rings (SSSR count). The van der Waals surface area contributed by atoms with E-state index in [9.17, 15) is 4.39 Å². The number of ether oxygens (including phenoxy) is 1. The fourth-order valence-corrected chi connectivity index (χ4v) is 1.41. The number of benzene rings is 1. The highest BCUT2D eigenvalue weighted by Gasteiger charge is 2.39. The third-order valence-corrected chi connectivity index (χ3v) is 2.37. The summed E-state index contributed by atoms with van der Waals surface area (Å²) in [6.45, 7) is 1.07. The summed E-state index contributed by atoms with van der Waals surface area (Å²) in [6, 6.07) is 6.29. The highest BCUT2D eigenvalue weighted by Crippen LogP contribution is 2.28. The number of hydrogen-bond acceptors (Lipinski definition) is 3. The Kier molecular flexibility index (Phi) is 2.03. The molecule has 70 valence electrons. The van der Waals surface area contributed by atoms with Crippen molar-refractivity contribution in [3.8, 4) is 0 Å². The molecule has 3 nitrogen and oxygen atoms in total. The van der Waals surface area contributed by atoms with Crippen LogP contribution in [0.2, 0.25) is 0 Å². The van der Waals surface area contributed by atoms with E-state index < -0.39 is 0 Å². The fourth-order valence-electron chi connectivity index (χ4n) is 1.41. The lowest BCUT2D eigenvalue weighted by atomic mass is 9.89. The lowest BCUT2D eigenvalue weighted by Gasteiger charge is -2.41. The zero-order valence-corrected chi connectivity index (χ0v) is 7.09. The first kappa shape index (κ1) is 8.62. The van der Waals surface area contributed by atoms with Gasteiger partial charge in [-0.1, -0.05) is 12.1 Å². The second kappa shape index (κ2) is 3.06. The zero-order valence-electron chi connectivity index (χ0n) is 7.09. The highest BCUT2D eigenvalue weighted by molar-refractivity contribution is 5.27. The van der Waals surface area contributed by atoms with Crippen LogP contribution in [0.5, 0.6) is 0 Å². The van der Waals surface area contributed by atoms with Crippen molar-refractivity contribution in [1.29, 1.82) is 0 Å². The van der Waals surface area contributed by atoms with Crippen molar-refractivity contribution in [2.45, 2.75) is 5.54 Å². The first-order valence-electron chi connectivity index (χ1n) is 4.08. The Labute approximate surface area is 75.7 Å². The molecule has 1 heterocycles. The summed E-state index contributed by atoms with van der Waals surface area (Å²) in [7, 11) is 0. The van der Waals surface area contributed by atoms with Crippen molar-refractivity contribution in [3.05, 3.63) is 35.6 Å². The van der Waals surface area contributed by atoms with Gasteiger partial charge in [-0.2, -0.15) is 0 Å². The molecule has 0 saturated carbocycles. The lowest BCUT2D eigenvalue weighted by Crippen LogP contribution is -2.60. The number of hydrogen-bond donors (Lipinski definition) is 2. The summed E-state index contributed by atoms with van der Waals surface area (Å²) < 4.78 is 17.7. The molecule has 0 aromatic heterocycles. The van der Waals surface area contributed by atoms with Gasteiger partial charge in [0.2, 0.25) is 0 Å². The molecule has 3 N–H and O–H groups in total. The van der Waals surface area contributed by atoms with Gasteiger partial charge in [0.05, 0.1) is 13.2 Å². The van der Waals surface area contributed by atoms with Gasteiger partial charge in [0.1, 0.15) is 11.4 Å². The predicted molar refractivity (Wildman–Crippen MR) is 46.2 cm³/mol. The molecule has 0 atom stereocenters. The van der Waals surface area contributed by atoms with Crippen LogP contribution in [0.3, 0.4) is 0 Å². The van der Waals surface area contributed by atoms with Gasteiger partial charge in [0, 0.05) is 0 Å². The summed E-state index contributed by atoms with van der Waals surface area (Å²) in [6.07, 6.45) is 0. The van der Waals surface area contributed by atoms with Crippen LogP contribution < -0.4 is 11.3 Å². The van der Waals surface area contributed by atoms with Crippen LogP contribution in [0.15, 0.2) is 24.3 Å². The summed E-state index contributed by atoms with van der Waals surface area (Å²) >= 11 is 0. The molecule has 1 aliphatic heterocycles. The van der Waals surface area contributed by atoms with Gasteiger partial charge in [-0.25, -0.2) is 9.82 Å². The quantitative estimate of drug-likeness (QED) is 0.517. The van der Waals surface area contributed by atoms with Crippen molar-refractivity contribution in [3.63, 3.8) is 0 Å². The Hall–Kier alpha value is -0.970. The number of nitrogens with two attached hydrogens (primary N) is 1. The minimum atomic E-state index is -0.312. The van der Waals surface area contributed by atoms with Crippen LogP contribution in [0, 0.1) is 5.82 Å². The second-order valence-corrected chi connectivity index (χ2v) is 3.23. The average molecular weight is 182 g/mol. The van der Waals surface area contributed by atoms with Crippen molar-refractivity contribution in [2.75, 3.05) is 13.2 Å². The molecule has 0 spiro atoms. The molecule has 13 heavy (non-hydrogen) atoms. The maximum absolute atomic E-state index is 12.6. The maximum atomic E-state index is 12.6. The fraction of sp³-hybridized carbons (Fsp3) is 0.333. The highest BCUT2D eigenvalue weighted by atomic mass is 19.1. The minimum absolute atomic E-state index is 0.240. The van der Waals surface area contributed by atoms with Crippen LogP contribution in [-0.4, -0.2) is 13.2 Å². The number of halogens is 1. The third kappa shape index (κ3) is 1.33. The third-order valence-electron chi connectivity index (χ3n) is 2.37. The maximum Gasteiger partial charge on any atom is 0.123 e. The molecule has 0 radical (unpaired) electrons. The van der Waals surface area contributed by atoms with Gasteiger partial charge in [-0.3, -0.25) is 5.84 Å². The van der Waals surface area contributed by atoms with Crippen molar-refractivity contribution < 1.29 is 9.13 Å². The molecule has 1 fully saturated rings. The minimum Gasteiger partial charge on any atom is -0.377 e. The van der Waals surface area contributed by atoms with E-state index in [0.717, 1.165) is 5.56 Å². The van der Waals surface area contributed by atoms with E-state index in [1.165, 1.54) is 12.1 Å². The summed E-state index contributed by atoms with van der Waals surface area (Å²) in [4.78, 5) is 0. The van der Waals surface area contributed by atoms with Gasteiger partial charge in [-0.15, -0.1) is 0 Å². The number of nitrogens with one attached hydrogen (secondary N) is 1. The molecule has 1 aromatic rings. The summed E-state index contributed by atoms with van der Waals surface area (Å²) in [5.74, 6) is 5.18. The Bertz CT molecular complexity index is 289. The van der Waals surface area contributed by atoms with Gasteiger partial charge < -0.3 is 4.74 Å². The van der Waals surface area contributed by atoms with Crippen LogP contribution in [0.4, 0.5) is 4.39 Å². The van der Waals surface area contributed by atoms with Gasteiger partial charge >= 0.3 is 0 Å². The van der Waals surface area contributed by atoms with Gasteiger partial charge in [0.25, 0.3) is 0 Å². The molecule has 0 unspecified atom stereocenters. The van der Waals surface area contributed by atoms with Crippen LogP contribution in [0.25, 0.3) is 0 Å². The average Bonchev–Trinajstić information content (AvgIpc) is 2.07. The van der Waals surface area contributed by atoms with E-state index in [1.807, 2.05) is 0 Å². The standard InChI is InChI=1S/C9H11FN2O/c10-8-3-1-7(2-4-8)9(12-11)5-13-6-9/h1-4,12H,5-6,11H2. The van der Waals surface area contributed by atoms with E-state index in [-0.39, 0.29) is 11.4 Å². The molecular weight excluding hydrogens is 171 g/mol. The Balaban J connectivity index is 2.28. The van der Waals surface area contributed by atoms with Gasteiger partial charge in [0.15, 0.2) is 0 Å². The van der Waals surface area contributed by atoms with E-state index in [4.69, 9.17) is 10.6 Å². The Morgan fingerprint density at radius 3 is 2.31 bits per heavy atom. The topological polar surface area (TPSA) is 47.3 Å². The van der Waals surface area contributed by atoms with Crippen molar-refractivity contribution >= 4 is 0 Å². The monoisotopic (exact) mass is 182 g/mol. The summed E-state index contributed by atoms with van der Waals surface area (Å²) in [5, 5.41) is 0. The van der Waals surface area contributed by atoms with Crippen LogP contribution in [-0.2, 0) is 10.3 Å². The van der Waals surface area contributed by atoms with E-state index >= 15 is 0 Å². The molecule has 1 saturated heterocycles. The normalized spacial score (nSPS) is 19.5. The molecular formula is C9H11FN2O. The van der Waals surface area contributed by atoms with Crippen LogP contribution in [0.1, 0.15) is 5.56 Å². The number of rotatable bonds is 2. The molecule has 4 heteroatoms. The first-order chi connectivity index (χ1) is 6.27. The number of hydrazine groups is 1. The zero-order chi connectivity index (χ0) is 9.31. The molecule has 0 aliphatic carbocycles. The Morgan fingerprint density at radius 1 is 1.31 bits per heavy atom. The molecule has 0 bridgehead atoms. The van der Waals surface area contributed by atoms with Gasteiger partial charge in [-0.05, 0) is 17.7 Å². The SMILES string of the molecule is NNC1(c2ccc(F)cc2)COC1. The van der Waals surface area contributed by atoms with E-state index in [2.05, 4.69) is 5.43 Å². The summed E-state index contributed by atoms with van der Waals surface area (Å²) in [5.41, 5.74) is 3.35. The van der Waals surface area contributed by atoms with Crippen molar-refractivity contribution in [1.82, 2.24) is 5.43 Å². The molecule has 1 aliphatic rings. The molecule has 0 amide bonds. The largest absolute Gasteiger partial charge is 0.377 e. The van der Waals surface area contributed by atoms with Crippen molar-refractivity contribution in [2.24, 2.45) is 5.84 Å². The predicted octanol–water partition coefficient (Wildman–Crippen LogP) is 0.514. The lowest BCUT2D eigenvalue weighted by molar-refractivity contribution is -0.0787. The smallest absolute Gasteiger partial charge is 0.123 e. The van der Waals surface area contributed by atoms with E-state index in [1.54, 1.807) is 12.1 Å². The van der Waals surface area contributed by atoms with E-state index in [0.29, 0.717) is 13.2 Å². The Morgan fingerprint density at radius 2 is 1.92 bits per heavy atom. The first-order valence-corrected chi connectivity index (χ1v) is 4.08. The second-order valence-electron chi connectivity index (χ2n) is 3.23.